The van der Waals surface area contributed by atoms with Crippen molar-refractivity contribution in [3.05, 3.63) is 319 Å². The molecular weight excluding hydrogens is 893 g/mol. The Balaban J connectivity index is 0.937. The summed E-state index contributed by atoms with van der Waals surface area (Å²) in [6.07, 6.45) is 8.45. The number of allylic oxidation sites excluding steroid dienone is 3. The number of nitrogens with zero attached hydrogens (tertiary/aromatic N) is 2. The van der Waals surface area contributed by atoms with E-state index in [9.17, 15) is 0 Å². The van der Waals surface area contributed by atoms with Crippen molar-refractivity contribution in [2.45, 2.75) is 12.3 Å². The van der Waals surface area contributed by atoms with Crippen LogP contribution >= 0.6 is 0 Å². The fourth-order valence-corrected chi connectivity index (χ4v) is 11.7. The minimum absolute atomic E-state index is 0.526. The van der Waals surface area contributed by atoms with E-state index in [-0.39, 0.29) is 0 Å². The fourth-order valence-electron chi connectivity index (χ4n) is 11.7. The summed E-state index contributed by atoms with van der Waals surface area (Å²) in [6, 6.07) is 100. The molecule has 0 fully saturated rings. The van der Waals surface area contributed by atoms with Gasteiger partial charge >= 0.3 is 0 Å². The largest absolute Gasteiger partial charge is 0.310 e. The summed E-state index contributed by atoms with van der Waals surface area (Å²) in [6.45, 7) is 2.05. The maximum atomic E-state index is 2.46. The molecule has 1 heterocycles. The second-order valence-electron chi connectivity index (χ2n) is 19.2. The van der Waals surface area contributed by atoms with Crippen molar-refractivity contribution in [3.8, 4) is 50.2 Å². The van der Waals surface area contributed by atoms with Gasteiger partial charge in [-0.15, -0.1) is 0 Å². The Kier molecular flexibility index (Phi) is 11.4. The molecule has 0 spiro atoms. The molecule has 11 aromatic carbocycles. The van der Waals surface area contributed by atoms with E-state index in [1.807, 2.05) is 6.92 Å². The highest BCUT2D eigenvalue weighted by Gasteiger charge is 2.46. The highest BCUT2D eigenvalue weighted by atomic mass is 15.1. The molecular formula is C72H52N2. The van der Waals surface area contributed by atoms with Crippen molar-refractivity contribution < 1.29 is 0 Å². The van der Waals surface area contributed by atoms with E-state index in [1.54, 1.807) is 0 Å². The summed E-state index contributed by atoms with van der Waals surface area (Å²) in [7, 11) is 0. The van der Waals surface area contributed by atoms with Crippen molar-refractivity contribution >= 4 is 44.9 Å². The molecule has 0 amide bonds. The van der Waals surface area contributed by atoms with Crippen LogP contribution in [0.2, 0.25) is 0 Å². The van der Waals surface area contributed by atoms with Crippen LogP contribution in [0, 0.1) is 0 Å². The van der Waals surface area contributed by atoms with Crippen LogP contribution < -0.4 is 4.90 Å². The molecule has 0 bridgehead atoms. The van der Waals surface area contributed by atoms with Gasteiger partial charge in [0.05, 0.1) is 22.1 Å². The Bertz CT molecular complexity index is 4030. The number of fused-ring (bicyclic) bond motifs is 6. The van der Waals surface area contributed by atoms with E-state index in [1.165, 1.54) is 83.0 Å². The molecule has 0 radical (unpaired) electrons. The van der Waals surface area contributed by atoms with Crippen LogP contribution in [0.4, 0.5) is 17.1 Å². The molecule has 350 valence electrons. The Morgan fingerprint density at radius 3 is 1.65 bits per heavy atom. The minimum Gasteiger partial charge on any atom is -0.310 e. The molecule has 74 heavy (non-hydrogen) atoms. The SMILES string of the molecule is C/C=C\C=C/c1ccccc1-n1c2ccccc2c2cc(-c3cccc(-c4cccc(N(c5ccc(-c6ccccc6)cc5)c5ccc6c(c5)C(c5ccccc5)(c5ccccc5)c5ccccc5-6)c4)c3)ccc21. The number of rotatable bonds is 11. The first-order chi connectivity index (χ1) is 36.7. The van der Waals surface area contributed by atoms with Gasteiger partial charge in [-0.3, -0.25) is 0 Å². The second-order valence-corrected chi connectivity index (χ2v) is 19.2. The zero-order valence-electron chi connectivity index (χ0n) is 41.2. The Labute approximate surface area is 433 Å². The Morgan fingerprint density at radius 2 is 0.892 bits per heavy atom. The first kappa shape index (κ1) is 44.4. The molecule has 12 aromatic rings. The number of para-hydroxylation sites is 2. The zero-order chi connectivity index (χ0) is 49.4. The van der Waals surface area contributed by atoms with E-state index < -0.39 is 5.41 Å². The molecule has 0 N–H and O–H groups in total. The third-order valence-electron chi connectivity index (χ3n) is 15.0. The molecule has 0 atom stereocenters. The molecule has 1 aliphatic carbocycles. The fraction of sp³-hybridized carbons (Fsp3) is 0.0278. The number of benzene rings is 11. The van der Waals surface area contributed by atoms with Gasteiger partial charge < -0.3 is 9.47 Å². The van der Waals surface area contributed by atoms with Gasteiger partial charge in [-0.2, -0.15) is 0 Å². The maximum Gasteiger partial charge on any atom is 0.0714 e. The number of hydrogen-bond donors (Lipinski definition) is 0. The Hall–Kier alpha value is -9.50. The van der Waals surface area contributed by atoms with Crippen molar-refractivity contribution in [3.63, 3.8) is 0 Å². The van der Waals surface area contributed by atoms with Gasteiger partial charge in [-0.1, -0.05) is 231 Å². The minimum atomic E-state index is -0.526. The third kappa shape index (κ3) is 7.59. The smallest absolute Gasteiger partial charge is 0.0714 e. The lowest BCUT2D eigenvalue weighted by molar-refractivity contribution is 0.768. The summed E-state index contributed by atoms with van der Waals surface area (Å²) in [5, 5.41) is 2.46. The van der Waals surface area contributed by atoms with Crippen LogP contribution in [0.5, 0.6) is 0 Å². The monoisotopic (exact) mass is 944 g/mol. The first-order valence-corrected chi connectivity index (χ1v) is 25.6. The van der Waals surface area contributed by atoms with E-state index in [2.05, 4.69) is 307 Å². The molecule has 2 nitrogen and oxygen atoms in total. The number of anilines is 3. The average molecular weight is 945 g/mol. The standard InChI is InChI=1S/C72H52N2/c1-2-3-7-24-53-25-14-18-37-69(53)74-70-38-19-16-35-65(70)66-49-57(41-46-71(66)74)55-27-20-26-54(47-55)56-28-21-33-61(48-56)73(60-42-39-52(40-43-60)51-22-8-4-9-23-51)62-44-45-64-63-34-15-17-36-67(63)72(68(64)50-62,58-29-10-5-11-30-58)59-31-12-6-13-32-59/h2-50H,1H3/b3-2-,24-7-. The average Bonchev–Trinajstić information content (AvgIpc) is 3.97. The predicted octanol–water partition coefficient (Wildman–Crippen LogP) is 19.2. The Morgan fingerprint density at radius 1 is 0.351 bits per heavy atom. The van der Waals surface area contributed by atoms with Gasteiger partial charge in [0.25, 0.3) is 0 Å². The summed E-state index contributed by atoms with van der Waals surface area (Å²) < 4.78 is 2.41. The lowest BCUT2D eigenvalue weighted by atomic mass is 9.67. The summed E-state index contributed by atoms with van der Waals surface area (Å²) in [5.41, 5.74) is 22.1. The molecule has 0 saturated carbocycles. The van der Waals surface area contributed by atoms with Gasteiger partial charge in [-0.05, 0) is 146 Å². The van der Waals surface area contributed by atoms with E-state index in [4.69, 9.17) is 0 Å². The van der Waals surface area contributed by atoms with Crippen LogP contribution in [-0.2, 0) is 5.41 Å². The lowest BCUT2D eigenvalue weighted by Crippen LogP contribution is -2.28. The van der Waals surface area contributed by atoms with Crippen LogP contribution in [0.1, 0.15) is 34.7 Å². The molecule has 2 heteroatoms. The van der Waals surface area contributed by atoms with Crippen molar-refractivity contribution in [1.29, 1.82) is 0 Å². The lowest BCUT2D eigenvalue weighted by Gasteiger charge is -2.35. The van der Waals surface area contributed by atoms with Gasteiger partial charge in [0.1, 0.15) is 0 Å². The maximum absolute atomic E-state index is 2.46. The van der Waals surface area contributed by atoms with E-state index in [0.717, 1.165) is 33.9 Å². The van der Waals surface area contributed by atoms with Gasteiger partial charge in [-0.25, -0.2) is 0 Å². The van der Waals surface area contributed by atoms with Gasteiger partial charge in [0.2, 0.25) is 0 Å². The quantitative estimate of drug-likeness (QED) is 0.117. The van der Waals surface area contributed by atoms with Gasteiger partial charge in [0.15, 0.2) is 0 Å². The molecule has 0 unspecified atom stereocenters. The van der Waals surface area contributed by atoms with Crippen LogP contribution in [0.15, 0.2) is 291 Å². The highest BCUT2D eigenvalue weighted by molar-refractivity contribution is 6.11. The topological polar surface area (TPSA) is 8.17 Å². The van der Waals surface area contributed by atoms with Gasteiger partial charge in [0, 0.05) is 27.8 Å². The molecule has 13 rings (SSSR count). The highest BCUT2D eigenvalue weighted by Crippen LogP contribution is 2.57. The van der Waals surface area contributed by atoms with Crippen LogP contribution in [-0.4, -0.2) is 4.57 Å². The van der Waals surface area contributed by atoms with Crippen molar-refractivity contribution in [2.75, 3.05) is 4.90 Å². The van der Waals surface area contributed by atoms with Crippen LogP contribution in [0.25, 0.3) is 78.1 Å². The second kappa shape index (κ2) is 18.9. The molecule has 1 aromatic heterocycles. The summed E-state index contributed by atoms with van der Waals surface area (Å²) >= 11 is 0. The predicted molar refractivity (Wildman–Crippen MR) is 313 cm³/mol. The van der Waals surface area contributed by atoms with Crippen molar-refractivity contribution in [2.24, 2.45) is 0 Å². The van der Waals surface area contributed by atoms with Crippen molar-refractivity contribution in [1.82, 2.24) is 4.57 Å². The van der Waals surface area contributed by atoms with E-state index >= 15 is 0 Å². The third-order valence-corrected chi connectivity index (χ3v) is 15.0. The van der Waals surface area contributed by atoms with Crippen LogP contribution in [0.3, 0.4) is 0 Å². The molecule has 0 saturated heterocycles. The molecule has 1 aliphatic rings. The molecule has 0 aliphatic heterocycles. The summed E-state index contributed by atoms with van der Waals surface area (Å²) in [4.78, 5) is 2.43. The zero-order valence-corrected chi connectivity index (χ0v) is 41.2. The summed E-state index contributed by atoms with van der Waals surface area (Å²) in [5.74, 6) is 0. The number of aromatic nitrogens is 1. The van der Waals surface area contributed by atoms with E-state index in [0.29, 0.717) is 0 Å². The number of hydrogen-bond acceptors (Lipinski definition) is 1. The first-order valence-electron chi connectivity index (χ1n) is 25.6. The normalized spacial score (nSPS) is 12.7.